The van der Waals surface area contributed by atoms with Gasteiger partial charge in [0.1, 0.15) is 11.4 Å². The molecule has 0 aliphatic heterocycles. The van der Waals surface area contributed by atoms with Gasteiger partial charge in [-0.15, -0.1) is 0 Å². The highest BCUT2D eigenvalue weighted by molar-refractivity contribution is 5.90. The van der Waals surface area contributed by atoms with Crippen LogP contribution in [0.4, 0.5) is 10.5 Å². The van der Waals surface area contributed by atoms with Gasteiger partial charge in [-0.25, -0.2) is 4.79 Å². The fourth-order valence-corrected chi connectivity index (χ4v) is 3.99. The van der Waals surface area contributed by atoms with Crippen LogP contribution in [0.5, 0.6) is 5.75 Å². The second-order valence-corrected chi connectivity index (χ2v) is 9.04. The van der Waals surface area contributed by atoms with Crippen LogP contribution in [0.3, 0.4) is 0 Å². The van der Waals surface area contributed by atoms with Gasteiger partial charge >= 0.3 is 6.09 Å². The lowest BCUT2D eigenvalue weighted by Gasteiger charge is -2.33. The summed E-state index contributed by atoms with van der Waals surface area (Å²) in [7, 11) is 1.63. The van der Waals surface area contributed by atoms with Crippen LogP contribution in [-0.2, 0) is 4.74 Å². The molecular weight excluding hydrogens is 388 g/mol. The van der Waals surface area contributed by atoms with Crippen LogP contribution in [0, 0.1) is 5.92 Å². The molecule has 5 heteroatoms. The highest BCUT2D eigenvalue weighted by Gasteiger charge is 2.29. The van der Waals surface area contributed by atoms with E-state index in [1.165, 1.54) is 5.57 Å². The molecule has 31 heavy (non-hydrogen) atoms. The van der Waals surface area contributed by atoms with Crippen molar-refractivity contribution in [2.75, 3.05) is 12.0 Å². The summed E-state index contributed by atoms with van der Waals surface area (Å²) in [6, 6.07) is 17.5. The van der Waals surface area contributed by atoms with E-state index >= 15 is 0 Å². The van der Waals surface area contributed by atoms with Gasteiger partial charge in [0, 0.05) is 18.2 Å². The Hall–Kier alpha value is -2.79. The summed E-state index contributed by atoms with van der Waals surface area (Å²) in [5.41, 5.74) is 9.15. The van der Waals surface area contributed by atoms with Crippen molar-refractivity contribution in [2.45, 2.75) is 58.1 Å². The minimum atomic E-state index is -0.591. The molecule has 3 rings (SSSR count). The zero-order valence-electron chi connectivity index (χ0n) is 19.0. The van der Waals surface area contributed by atoms with E-state index in [2.05, 4.69) is 12.1 Å². The first-order valence-corrected chi connectivity index (χ1v) is 11.0. The molecule has 0 radical (unpaired) electrons. The number of methoxy groups -OCH3 is 1. The van der Waals surface area contributed by atoms with Crippen molar-refractivity contribution >= 4 is 11.8 Å². The van der Waals surface area contributed by atoms with Gasteiger partial charge in [-0.3, -0.25) is 4.90 Å². The first-order valence-electron chi connectivity index (χ1n) is 11.0. The van der Waals surface area contributed by atoms with Gasteiger partial charge in [0.25, 0.3) is 0 Å². The molecule has 0 spiro atoms. The summed E-state index contributed by atoms with van der Waals surface area (Å²) >= 11 is 0. The Morgan fingerprint density at radius 3 is 2.39 bits per heavy atom. The maximum absolute atomic E-state index is 13.1. The van der Waals surface area contributed by atoms with E-state index in [1.54, 1.807) is 12.0 Å². The first-order chi connectivity index (χ1) is 14.8. The lowest BCUT2D eigenvalue weighted by molar-refractivity contribution is 0.0596. The summed E-state index contributed by atoms with van der Waals surface area (Å²) in [4.78, 5) is 14.7. The Bertz CT molecular complexity index is 885. The highest BCUT2D eigenvalue weighted by Crippen LogP contribution is 2.38. The third-order valence-electron chi connectivity index (χ3n) is 5.56. The van der Waals surface area contributed by atoms with Crippen LogP contribution in [0.2, 0.25) is 0 Å². The average Bonchev–Trinajstić information content (AvgIpc) is 2.77. The monoisotopic (exact) mass is 422 g/mol. The van der Waals surface area contributed by atoms with Crippen LogP contribution >= 0.6 is 0 Å². The fraction of sp³-hybridized carbons (Fsp3) is 0.423. The molecule has 2 aromatic carbocycles. The minimum Gasteiger partial charge on any atom is -0.497 e. The number of carbonyl (C=O) groups is 1. The Kier molecular flexibility index (Phi) is 7.39. The van der Waals surface area contributed by atoms with E-state index in [9.17, 15) is 4.79 Å². The van der Waals surface area contributed by atoms with Crippen molar-refractivity contribution in [2.24, 2.45) is 11.7 Å². The third-order valence-corrected chi connectivity index (χ3v) is 5.56. The molecule has 0 bridgehead atoms. The van der Waals surface area contributed by atoms with E-state index in [4.69, 9.17) is 15.2 Å². The lowest BCUT2D eigenvalue weighted by atomic mass is 9.78. The lowest BCUT2D eigenvalue weighted by Crippen LogP contribution is -2.35. The second-order valence-electron chi connectivity index (χ2n) is 9.04. The molecule has 0 saturated heterocycles. The van der Waals surface area contributed by atoms with Crippen molar-refractivity contribution in [1.82, 2.24) is 0 Å². The number of anilines is 1. The van der Waals surface area contributed by atoms with Crippen LogP contribution in [0.25, 0.3) is 0 Å². The zero-order valence-corrected chi connectivity index (χ0v) is 19.0. The van der Waals surface area contributed by atoms with Gasteiger partial charge < -0.3 is 15.2 Å². The Balaban J connectivity index is 1.96. The molecule has 1 amide bonds. The largest absolute Gasteiger partial charge is 0.497 e. The maximum atomic E-state index is 13.1. The second kappa shape index (κ2) is 10.0. The topological polar surface area (TPSA) is 64.8 Å². The Labute approximate surface area is 185 Å². The molecule has 0 unspecified atom stereocenters. The van der Waals surface area contributed by atoms with Crippen molar-refractivity contribution in [3.05, 3.63) is 71.9 Å². The van der Waals surface area contributed by atoms with Crippen LogP contribution in [0.15, 0.2) is 66.4 Å². The molecule has 0 aromatic heterocycles. The molecule has 1 aliphatic carbocycles. The predicted octanol–water partition coefficient (Wildman–Crippen LogP) is 6.21. The average molecular weight is 423 g/mol. The maximum Gasteiger partial charge on any atom is 0.418 e. The number of amides is 1. The first kappa shape index (κ1) is 22.9. The van der Waals surface area contributed by atoms with Gasteiger partial charge in [-0.2, -0.15) is 0 Å². The van der Waals surface area contributed by atoms with Gasteiger partial charge in [0.05, 0.1) is 12.8 Å². The van der Waals surface area contributed by atoms with Crippen molar-refractivity contribution in [3.63, 3.8) is 0 Å². The minimum absolute atomic E-state index is 0.107. The van der Waals surface area contributed by atoms with Crippen LogP contribution in [-0.4, -0.2) is 18.8 Å². The number of nitrogens with two attached hydrogens (primary N) is 1. The summed E-state index contributed by atoms with van der Waals surface area (Å²) in [6.45, 7) is 5.62. The van der Waals surface area contributed by atoms with E-state index < -0.39 is 11.7 Å². The third kappa shape index (κ3) is 6.11. The molecule has 2 atom stereocenters. The Morgan fingerprint density at radius 1 is 1.10 bits per heavy atom. The molecule has 166 valence electrons. The van der Waals surface area contributed by atoms with E-state index in [0.717, 1.165) is 42.7 Å². The molecule has 2 aromatic rings. The Morgan fingerprint density at radius 2 is 1.77 bits per heavy atom. The summed E-state index contributed by atoms with van der Waals surface area (Å²) in [6.07, 6.45) is 5.70. The van der Waals surface area contributed by atoms with Crippen molar-refractivity contribution < 1.29 is 14.3 Å². The molecule has 1 saturated carbocycles. The van der Waals surface area contributed by atoms with E-state index in [0.29, 0.717) is 0 Å². The molecular formula is C26H34N2O3. The summed E-state index contributed by atoms with van der Waals surface area (Å²) in [5, 5.41) is 0. The normalized spacial score (nSPS) is 19.0. The number of benzene rings is 2. The van der Waals surface area contributed by atoms with E-state index in [1.807, 2.05) is 69.4 Å². The molecule has 0 heterocycles. The number of hydrogen-bond donors (Lipinski definition) is 1. The number of ether oxygens (including phenoxy) is 2. The number of nitrogens with zero attached hydrogens (tertiary/aromatic N) is 1. The van der Waals surface area contributed by atoms with Crippen LogP contribution < -0.4 is 15.4 Å². The number of carbonyl (C=O) groups excluding carboxylic acids is 1. The summed E-state index contributed by atoms with van der Waals surface area (Å²) in [5.74, 6) is 0.918. The molecule has 2 N–H and O–H groups in total. The number of hydrogen-bond acceptors (Lipinski definition) is 4. The van der Waals surface area contributed by atoms with Crippen molar-refractivity contribution in [3.8, 4) is 5.75 Å². The quantitative estimate of drug-likeness (QED) is 0.622. The molecule has 5 nitrogen and oxygen atoms in total. The fourth-order valence-electron chi connectivity index (χ4n) is 3.99. The molecule has 1 aliphatic rings. The smallest absolute Gasteiger partial charge is 0.418 e. The zero-order chi connectivity index (χ0) is 22.4. The van der Waals surface area contributed by atoms with Gasteiger partial charge in [-0.05, 0) is 75.4 Å². The number of rotatable bonds is 5. The van der Waals surface area contributed by atoms with Gasteiger partial charge in [0.2, 0.25) is 0 Å². The highest BCUT2D eigenvalue weighted by atomic mass is 16.6. The predicted molar refractivity (Wildman–Crippen MR) is 125 cm³/mol. The standard InChI is InChI=1S/C26H34N2O3/c1-26(2,3)31-25(29)28(21-14-16-22(30-4)17-15-21)18-20-12-8-9-13-23(20)24(27)19-10-6-5-7-11-19/h5-7,10-11,14-18,23-24H,8-9,12-13,27H2,1-4H3/b20-18-/t23-,24+/m1/s1. The SMILES string of the molecule is COc1ccc(N(/C=C2/CCCC[C@H]2[C@@H](N)c2ccccc2)C(=O)OC(C)(C)C)cc1. The van der Waals surface area contributed by atoms with Crippen LogP contribution in [0.1, 0.15) is 58.1 Å². The summed E-state index contributed by atoms with van der Waals surface area (Å²) < 4.78 is 11.0. The van der Waals surface area contributed by atoms with Gasteiger partial charge in [-0.1, -0.05) is 36.8 Å². The van der Waals surface area contributed by atoms with Crippen molar-refractivity contribution in [1.29, 1.82) is 0 Å². The van der Waals surface area contributed by atoms with E-state index in [-0.39, 0.29) is 12.0 Å². The van der Waals surface area contributed by atoms with Gasteiger partial charge in [0.15, 0.2) is 0 Å². The molecule has 1 fully saturated rings.